The van der Waals surface area contributed by atoms with Crippen LogP contribution in [0.25, 0.3) is 0 Å². The number of aliphatic carboxylic acids is 1. The van der Waals surface area contributed by atoms with Crippen molar-refractivity contribution in [2.24, 2.45) is 17.8 Å². The highest BCUT2D eigenvalue weighted by Gasteiger charge is 2.42. The quantitative estimate of drug-likeness (QED) is 0.528. The van der Waals surface area contributed by atoms with E-state index in [1.165, 1.54) is 0 Å². The van der Waals surface area contributed by atoms with Crippen LogP contribution in [0.3, 0.4) is 0 Å². The summed E-state index contributed by atoms with van der Waals surface area (Å²) in [4.78, 5) is 10.7. The molecular weight excluding hydrogens is 388 g/mol. The summed E-state index contributed by atoms with van der Waals surface area (Å²) < 4.78 is 5.60. The highest BCUT2D eigenvalue weighted by Crippen LogP contribution is 2.46. The van der Waals surface area contributed by atoms with Crippen molar-refractivity contribution in [1.29, 1.82) is 0 Å². The van der Waals surface area contributed by atoms with E-state index in [0.29, 0.717) is 17.1 Å². The third-order valence-electron chi connectivity index (χ3n) is 6.09. The Morgan fingerprint density at radius 3 is 2.83 bits per heavy atom. The van der Waals surface area contributed by atoms with Crippen LogP contribution in [0.15, 0.2) is 42.5 Å². The fourth-order valence-corrected chi connectivity index (χ4v) is 6.11. The molecule has 0 spiro atoms. The Morgan fingerprint density at radius 2 is 2.07 bits per heavy atom. The van der Waals surface area contributed by atoms with Gasteiger partial charge in [-0.3, -0.25) is 4.79 Å². The van der Waals surface area contributed by atoms with Crippen LogP contribution in [0.5, 0.6) is 5.75 Å². The first kappa shape index (κ1) is 22.2. The average molecular weight is 421 g/mol. The zero-order valence-electron chi connectivity index (χ0n) is 16.7. The van der Waals surface area contributed by atoms with E-state index in [4.69, 9.17) is 9.84 Å². The second kappa shape index (κ2) is 11.0. The van der Waals surface area contributed by atoms with E-state index < -0.39 is 12.1 Å². The topological polar surface area (TPSA) is 87.0 Å². The van der Waals surface area contributed by atoms with Gasteiger partial charge in [0.25, 0.3) is 0 Å². The Balaban J connectivity index is 1.49. The molecule has 160 valence electrons. The van der Waals surface area contributed by atoms with E-state index in [0.717, 1.165) is 43.6 Å². The number of benzene rings is 1. The molecule has 3 rings (SSSR count). The molecule has 3 N–H and O–H groups in total. The summed E-state index contributed by atoms with van der Waals surface area (Å²) in [5.41, 5.74) is 0. The third-order valence-corrected chi connectivity index (χ3v) is 7.66. The van der Waals surface area contributed by atoms with E-state index >= 15 is 0 Å². The van der Waals surface area contributed by atoms with Gasteiger partial charge in [0.1, 0.15) is 18.5 Å². The first-order valence-electron chi connectivity index (χ1n) is 10.6. The van der Waals surface area contributed by atoms with Crippen molar-refractivity contribution in [3.8, 4) is 5.75 Å². The Bertz CT molecular complexity index is 664. The molecule has 6 atom stereocenters. The number of carbonyl (C=O) groups is 1. The maximum Gasteiger partial charge on any atom is 0.303 e. The molecule has 0 bridgehead atoms. The Labute approximate surface area is 177 Å². The summed E-state index contributed by atoms with van der Waals surface area (Å²) >= 11 is 1.95. The number of ether oxygens (including phenoxy) is 1. The van der Waals surface area contributed by atoms with Gasteiger partial charge >= 0.3 is 5.97 Å². The molecule has 1 aliphatic carbocycles. The number of carboxylic acids is 1. The zero-order chi connectivity index (χ0) is 20.6. The maximum absolute atomic E-state index is 10.7. The second-order valence-electron chi connectivity index (χ2n) is 8.20. The first-order chi connectivity index (χ1) is 14.0. The van der Waals surface area contributed by atoms with E-state index in [9.17, 15) is 15.0 Å². The molecule has 1 aromatic rings. The minimum Gasteiger partial charge on any atom is -0.491 e. The van der Waals surface area contributed by atoms with Gasteiger partial charge in [-0.25, -0.2) is 0 Å². The Kier molecular flexibility index (Phi) is 8.45. The molecule has 0 radical (unpaired) electrons. The Hall–Kier alpha value is -1.50. The lowest BCUT2D eigenvalue weighted by Crippen LogP contribution is -2.21. The summed E-state index contributed by atoms with van der Waals surface area (Å²) in [7, 11) is 0. The number of aliphatic hydroxyl groups is 2. The summed E-state index contributed by atoms with van der Waals surface area (Å²) in [5.74, 6) is 2.04. The van der Waals surface area contributed by atoms with Gasteiger partial charge in [0, 0.05) is 17.6 Å². The molecule has 5 nitrogen and oxygen atoms in total. The standard InChI is InChI=1S/C23H32O5S/c24-17(14-28-18-5-2-1-3-6-18)9-11-21-20-12-10-19(7-4-8-23(26)27)29-15-16(20)13-22(21)25/h1-3,5-6,9,11,16-17,19-22,24-25H,4,7-8,10,12-15H2,(H,26,27)/b11-9+/t16-,17-,19+,20+,21-,22-/m1/s1. The SMILES string of the molecule is O=C(O)CCC[C@H]1CC[C@H]2[C@@H](CS1)C[C@@H](O)[C@@H]2/C=C/[C@@H](O)COc1ccccc1. The van der Waals surface area contributed by atoms with E-state index in [2.05, 4.69) is 0 Å². The van der Waals surface area contributed by atoms with Crippen LogP contribution in [0, 0.1) is 17.8 Å². The van der Waals surface area contributed by atoms with E-state index in [-0.39, 0.29) is 25.0 Å². The number of para-hydroxylation sites is 1. The number of fused-ring (bicyclic) bond motifs is 1. The molecule has 1 saturated carbocycles. The molecule has 6 heteroatoms. The third kappa shape index (κ3) is 6.76. The molecule has 1 saturated heterocycles. The second-order valence-corrected chi connectivity index (χ2v) is 9.53. The molecule has 0 unspecified atom stereocenters. The molecule has 1 aliphatic heterocycles. The smallest absolute Gasteiger partial charge is 0.303 e. The van der Waals surface area contributed by atoms with Crippen molar-refractivity contribution in [2.45, 2.75) is 56.0 Å². The monoisotopic (exact) mass is 420 g/mol. The summed E-state index contributed by atoms with van der Waals surface area (Å²) in [6.45, 7) is 0.193. The molecule has 1 aromatic carbocycles. The van der Waals surface area contributed by atoms with E-state index in [1.54, 1.807) is 6.08 Å². The predicted octanol–water partition coefficient (Wildman–Crippen LogP) is 3.75. The summed E-state index contributed by atoms with van der Waals surface area (Å²) in [5, 5.41) is 30.2. The number of thioether (sulfide) groups is 1. The van der Waals surface area contributed by atoms with Gasteiger partial charge in [-0.2, -0.15) is 11.8 Å². The van der Waals surface area contributed by atoms with Gasteiger partial charge in [-0.05, 0) is 61.8 Å². The molecule has 1 heterocycles. The van der Waals surface area contributed by atoms with Crippen molar-refractivity contribution in [2.75, 3.05) is 12.4 Å². The van der Waals surface area contributed by atoms with Crippen LogP contribution in [0.4, 0.5) is 0 Å². The highest BCUT2D eigenvalue weighted by molar-refractivity contribution is 7.99. The Morgan fingerprint density at radius 1 is 1.28 bits per heavy atom. The van der Waals surface area contributed by atoms with Gasteiger partial charge in [0.15, 0.2) is 0 Å². The fourth-order valence-electron chi connectivity index (χ4n) is 4.57. The van der Waals surface area contributed by atoms with Crippen molar-refractivity contribution in [3.63, 3.8) is 0 Å². The van der Waals surface area contributed by atoms with Crippen molar-refractivity contribution in [1.82, 2.24) is 0 Å². The number of hydrogen-bond acceptors (Lipinski definition) is 5. The van der Waals surface area contributed by atoms with Crippen LogP contribution in [-0.4, -0.2) is 51.1 Å². The molecule has 29 heavy (non-hydrogen) atoms. The molecule has 2 fully saturated rings. The van der Waals surface area contributed by atoms with E-state index in [1.807, 2.05) is 48.2 Å². The van der Waals surface area contributed by atoms with Crippen LogP contribution < -0.4 is 4.74 Å². The number of carboxylic acid groups (broad SMARTS) is 1. The van der Waals surface area contributed by atoms with Crippen molar-refractivity contribution < 1.29 is 24.9 Å². The lowest BCUT2D eigenvalue weighted by Gasteiger charge is -2.21. The van der Waals surface area contributed by atoms with Crippen LogP contribution in [-0.2, 0) is 4.79 Å². The van der Waals surface area contributed by atoms with Gasteiger partial charge in [0.05, 0.1) is 6.10 Å². The normalized spacial score (nSPS) is 30.6. The van der Waals surface area contributed by atoms with Crippen molar-refractivity contribution in [3.05, 3.63) is 42.5 Å². The summed E-state index contributed by atoms with van der Waals surface area (Å²) in [6, 6.07) is 9.43. The predicted molar refractivity (Wildman–Crippen MR) is 115 cm³/mol. The van der Waals surface area contributed by atoms with Crippen LogP contribution in [0.2, 0.25) is 0 Å². The maximum atomic E-state index is 10.7. The minimum absolute atomic E-state index is 0.0738. The van der Waals surface area contributed by atoms with Gasteiger partial charge < -0.3 is 20.1 Å². The molecular formula is C23H32O5S. The number of aliphatic hydroxyl groups excluding tert-OH is 2. The lowest BCUT2D eigenvalue weighted by molar-refractivity contribution is -0.137. The minimum atomic E-state index is -0.719. The summed E-state index contributed by atoms with van der Waals surface area (Å²) in [6.07, 6.45) is 7.57. The molecule has 0 amide bonds. The van der Waals surface area contributed by atoms with Gasteiger partial charge in [-0.15, -0.1) is 0 Å². The number of hydrogen-bond donors (Lipinski definition) is 3. The highest BCUT2D eigenvalue weighted by atomic mass is 32.2. The van der Waals surface area contributed by atoms with Gasteiger partial charge in [-0.1, -0.05) is 30.4 Å². The largest absolute Gasteiger partial charge is 0.491 e. The van der Waals surface area contributed by atoms with Crippen LogP contribution in [0.1, 0.15) is 38.5 Å². The zero-order valence-corrected chi connectivity index (χ0v) is 17.5. The first-order valence-corrected chi connectivity index (χ1v) is 11.6. The van der Waals surface area contributed by atoms with Crippen LogP contribution >= 0.6 is 11.8 Å². The molecule has 2 aliphatic rings. The fraction of sp³-hybridized carbons (Fsp3) is 0.609. The van der Waals surface area contributed by atoms with Gasteiger partial charge in [0.2, 0.25) is 0 Å². The average Bonchev–Trinajstić information content (AvgIpc) is 2.87. The lowest BCUT2D eigenvalue weighted by atomic mass is 9.85. The molecule has 0 aromatic heterocycles. The van der Waals surface area contributed by atoms with Crippen molar-refractivity contribution >= 4 is 17.7 Å². The number of rotatable bonds is 9.